The minimum Gasteiger partial charge on any atom is -0.397 e. The maximum Gasteiger partial charge on any atom is 0.180 e. The summed E-state index contributed by atoms with van der Waals surface area (Å²) >= 11 is 0. The maximum absolute atomic E-state index is 5.84. The van der Waals surface area contributed by atoms with Crippen molar-refractivity contribution >= 4 is 16.9 Å². The van der Waals surface area contributed by atoms with E-state index in [1.807, 2.05) is 30.3 Å². The predicted octanol–water partition coefficient (Wildman–Crippen LogP) is 2.21. The lowest BCUT2D eigenvalue weighted by molar-refractivity contribution is 1.30. The second-order valence-electron chi connectivity index (χ2n) is 3.55. The fourth-order valence-corrected chi connectivity index (χ4v) is 1.66. The van der Waals surface area contributed by atoms with Crippen LogP contribution in [0, 0.1) is 0 Å². The van der Waals surface area contributed by atoms with Gasteiger partial charge >= 0.3 is 0 Å². The van der Waals surface area contributed by atoms with Crippen LogP contribution in [0.2, 0.25) is 0 Å². The summed E-state index contributed by atoms with van der Waals surface area (Å²) in [5.41, 5.74) is 8.98. The maximum atomic E-state index is 5.84. The van der Waals surface area contributed by atoms with Crippen LogP contribution in [0.1, 0.15) is 0 Å². The number of aromatic nitrogens is 3. The highest BCUT2D eigenvalue weighted by Crippen LogP contribution is 2.21. The van der Waals surface area contributed by atoms with Crippen molar-refractivity contribution in [3.05, 3.63) is 42.6 Å². The lowest BCUT2D eigenvalue weighted by Crippen LogP contribution is -1.86. The molecule has 0 saturated heterocycles. The van der Waals surface area contributed by atoms with Gasteiger partial charge in [0.15, 0.2) is 5.65 Å². The largest absolute Gasteiger partial charge is 0.397 e. The number of aromatic amines is 1. The van der Waals surface area contributed by atoms with Crippen molar-refractivity contribution < 1.29 is 0 Å². The monoisotopic (exact) mass is 210 g/mol. The Kier molecular flexibility index (Phi) is 1.86. The molecule has 0 radical (unpaired) electrons. The molecule has 2 heterocycles. The average Bonchev–Trinajstić information content (AvgIpc) is 2.76. The number of benzene rings is 1. The van der Waals surface area contributed by atoms with E-state index in [0.29, 0.717) is 11.3 Å². The molecule has 0 saturated carbocycles. The lowest BCUT2D eigenvalue weighted by Gasteiger charge is -1.93. The van der Waals surface area contributed by atoms with Crippen molar-refractivity contribution in [2.24, 2.45) is 0 Å². The van der Waals surface area contributed by atoms with E-state index in [0.717, 1.165) is 16.9 Å². The summed E-state index contributed by atoms with van der Waals surface area (Å²) in [5.74, 6) is 0.793. The average molecular weight is 210 g/mol. The first kappa shape index (κ1) is 8.91. The molecule has 3 N–H and O–H groups in total. The molecule has 0 bridgehead atoms. The molecule has 4 nitrogen and oxygen atoms in total. The number of H-pyrrole nitrogens is 1. The van der Waals surface area contributed by atoms with Crippen molar-refractivity contribution in [2.75, 3.05) is 5.73 Å². The normalized spacial score (nSPS) is 10.8. The number of pyridine rings is 1. The summed E-state index contributed by atoms with van der Waals surface area (Å²) in [6, 6.07) is 11.7. The summed E-state index contributed by atoms with van der Waals surface area (Å²) in [6.07, 6.45) is 1.66. The Morgan fingerprint density at radius 3 is 2.62 bits per heavy atom. The minimum absolute atomic E-state index is 0.652. The summed E-state index contributed by atoms with van der Waals surface area (Å²) in [5, 5.41) is 0. The zero-order valence-corrected chi connectivity index (χ0v) is 8.51. The van der Waals surface area contributed by atoms with Gasteiger partial charge in [-0.2, -0.15) is 0 Å². The molecule has 1 aromatic carbocycles. The van der Waals surface area contributed by atoms with Crippen LogP contribution in [-0.4, -0.2) is 15.0 Å². The van der Waals surface area contributed by atoms with Gasteiger partial charge in [-0.05, 0) is 6.07 Å². The molecule has 16 heavy (non-hydrogen) atoms. The van der Waals surface area contributed by atoms with Crippen LogP contribution in [-0.2, 0) is 0 Å². The lowest BCUT2D eigenvalue weighted by atomic mass is 10.2. The van der Waals surface area contributed by atoms with Crippen LogP contribution in [0.5, 0.6) is 0 Å². The van der Waals surface area contributed by atoms with Gasteiger partial charge in [-0.1, -0.05) is 30.3 Å². The third kappa shape index (κ3) is 1.32. The first-order chi connectivity index (χ1) is 7.84. The van der Waals surface area contributed by atoms with Crippen molar-refractivity contribution in [3.63, 3.8) is 0 Å². The van der Waals surface area contributed by atoms with E-state index >= 15 is 0 Å². The highest BCUT2D eigenvalue weighted by molar-refractivity contribution is 5.86. The SMILES string of the molecule is Nc1ccnc2nc(-c3ccccc3)[nH]c12. The van der Waals surface area contributed by atoms with Crippen molar-refractivity contribution in [3.8, 4) is 11.4 Å². The third-order valence-electron chi connectivity index (χ3n) is 2.47. The third-order valence-corrected chi connectivity index (χ3v) is 2.47. The molecular weight excluding hydrogens is 200 g/mol. The number of fused-ring (bicyclic) bond motifs is 1. The van der Waals surface area contributed by atoms with Crippen LogP contribution in [0.25, 0.3) is 22.6 Å². The van der Waals surface area contributed by atoms with Crippen LogP contribution in [0.3, 0.4) is 0 Å². The summed E-state index contributed by atoms with van der Waals surface area (Å²) < 4.78 is 0. The number of nitrogens with zero attached hydrogens (tertiary/aromatic N) is 2. The smallest absolute Gasteiger partial charge is 0.180 e. The van der Waals surface area contributed by atoms with E-state index in [9.17, 15) is 0 Å². The Morgan fingerprint density at radius 2 is 1.88 bits per heavy atom. The second kappa shape index (κ2) is 3.34. The van der Waals surface area contributed by atoms with Gasteiger partial charge in [-0.3, -0.25) is 0 Å². The van der Waals surface area contributed by atoms with E-state index in [1.165, 1.54) is 0 Å². The molecule has 0 amide bonds. The molecule has 78 valence electrons. The van der Waals surface area contributed by atoms with Crippen molar-refractivity contribution in [1.29, 1.82) is 0 Å². The van der Waals surface area contributed by atoms with Gasteiger partial charge in [0, 0.05) is 11.8 Å². The molecule has 3 aromatic rings. The van der Waals surface area contributed by atoms with E-state index in [-0.39, 0.29) is 0 Å². The molecule has 0 spiro atoms. The summed E-state index contributed by atoms with van der Waals surface area (Å²) in [4.78, 5) is 11.7. The number of rotatable bonds is 1. The van der Waals surface area contributed by atoms with E-state index in [4.69, 9.17) is 5.73 Å². The van der Waals surface area contributed by atoms with E-state index < -0.39 is 0 Å². The van der Waals surface area contributed by atoms with Gasteiger partial charge in [-0.15, -0.1) is 0 Å². The standard InChI is InChI=1S/C12H10N4/c13-9-6-7-14-12-10(9)15-11(16-12)8-4-2-1-3-5-8/h1-7H,(H3,13,14,15,16). The van der Waals surface area contributed by atoms with Gasteiger partial charge in [0.2, 0.25) is 0 Å². The zero-order valence-electron chi connectivity index (χ0n) is 8.51. The van der Waals surface area contributed by atoms with Gasteiger partial charge in [0.05, 0.1) is 5.69 Å². The highest BCUT2D eigenvalue weighted by atomic mass is 15.0. The van der Waals surface area contributed by atoms with Gasteiger partial charge in [0.1, 0.15) is 11.3 Å². The Morgan fingerprint density at radius 1 is 1.06 bits per heavy atom. The summed E-state index contributed by atoms with van der Waals surface area (Å²) in [6.45, 7) is 0. The fourth-order valence-electron chi connectivity index (χ4n) is 1.66. The fraction of sp³-hybridized carbons (Fsp3) is 0. The molecule has 3 rings (SSSR count). The molecule has 0 aliphatic rings. The topological polar surface area (TPSA) is 67.6 Å². The van der Waals surface area contributed by atoms with Gasteiger partial charge < -0.3 is 10.7 Å². The van der Waals surface area contributed by atoms with Crippen molar-refractivity contribution in [2.45, 2.75) is 0 Å². The minimum atomic E-state index is 0.652. The number of nitrogens with two attached hydrogens (primary N) is 1. The number of hydrogen-bond donors (Lipinski definition) is 2. The number of nitrogen functional groups attached to an aromatic ring is 1. The van der Waals surface area contributed by atoms with E-state index in [2.05, 4.69) is 15.0 Å². The van der Waals surface area contributed by atoms with E-state index in [1.54, 1.807) is 12.3 Å². The zero-order chi connectivity index (χ0) is 11.0. The molecule has 2 aromatic heterocycles. The molecule has 0 fully saturated rings. The Hall–Kier alpha value is -2.36. The summed E-state index contributed by atoms with van der Waals surface area (Å²) in [7, 11) is 0. The number of hydrogen-bond acceptors (Lipinski definition) is 3. The van der Waals surface area contributed by atoms with Crippen LogP contribution < -0.4 is 5.73 Å². The molecular formula is C12H10N4. The number of nitrogens with one attached hydrogen (secondary N) is 1. The first-order valence-electron chi connectivity index (χ1n) is 5.00. The van der Waals surface area contributed by atoms with Crippen LogP contribution in [0.15, 0.2) is 42.6 Å². The first-order valence-corrected chi connectivity index (χ1v) is 5.00. The molecule has 0 aliphatic carbocycles. The van der Waals surface area contributed by atoms with Crippen molar-refractivity contribution in [1.82, 2.24) is 15.0 Å². The predicted molar refractivity (Wildman–Crippen MR) is 63.7 cm³/mol. The Bertz CT molecular complexity index is 628. The number of imidazole rings is 1. The molecule has 4 heteroatoms. The Labute approximate surface area is 92.2 Å². The number of anilines is 1. The molecule has 0 unspecified atom stereocenters. The van der Waals surface area contributed by atoms with Crippen LogP contribution in [0.4, 0.5) is 5.69 Å². The Balaban J connectivity index is 2.23. The van der Waals surface area contributed by atoms with Gasteiger partial charge in [-0.25, -0.2) is 9.97 Å². The van der Waals surface area contributed by atoms with Gasteiger partial charge in [0.25, 0.3) is 0 Å². The van der Waals surface area contributed by atoms with Crippen LogP contribution >= 0.6 is 0 Å². The molecule has 0 aliphatic heterocycles. The highest BCUT2D eigenvalue weighted by Gasteiger charge is 2.07. The quantitative estimate of drug-likeness (QED) is 0.647. The molecule has 0 atom stereocenters. The second-order valence-corrected chi connectivity index (χ2v) is 3.55.